The zero-order valence-corrected chi connectivity index (χ0v) is 9.95. The molecule has 0 fully saturated rings. The lowest BCUT2D eigenvalue weighted by Gasteiger charge is -2.05. The molecule has 1 rings (SSSR count). The summed E-state index contributed by atoms with van der Waals surface area (Å²) in [7, 11) is 2.34. The number of methoxy groups -OCH3 is 2. The van der Waals surface area contributed by atoms with Crippen molar-refractivity contribution in [2.45, 2.75) is 0 Å². The van der Waals surface area contributed by atoms with Crippen LogP contribution in [-0.4, -0.2) is 26.2 Å². The molecule has 0 bridgehead atoms. The molecule has 0 spiro atoms. The van der Waals surface area contributed by atoms with Crippen LogP contribution in [0.5, 0.6) is 0 Å². The molecule has 0 amide bonds. The smallest absolute Gasteiger partial charge is 0.379 e. The van der Waals surface area contributed by atoms with Gasteiger partial charge in [-0.25, -0.2) is 9.59 Å². The van der Waals surface area contributed by atoms with Crippen molar-refractivity contribution in [2.24, 2.45) is 0 Å². The van der Waals surface area contributed by atoms with E-state index in [9.17, 15) is 9.59 Å². The van der Waals surface area contributed by atoms with Gasteiger partial charge in [0.1, 0.15) is 6.20 Å². The maximum absolute atomic E-state index is 11.4. The number of nitrogen functional groups attached to an aromatic ring is 1. The molecule has 0 aliphatic heterocycles. The number of ether oxygens (including phenoxy) is 2. The zero-order chi connectivity index (χ0) is 13.5. The second kappa shape index (κ2) is 6.24. The quantitative estimate of drug-likeness (QED) is 0.327. The summed E-state index contributed by atoms with van der Waals surface area (Å²) in [4.78, 5) is 27.6. The first kappa shape index (κ1) is 13.5. The predicted molar refractivity (Wildman–Crippen MR) is 59.7 cm³/mol. The molecular formula is C11H13N2O5+. The minimum Gasteiger partial charge on any atom is -0.466 e. The Hall–Kier alpha value is -2.57. The van der Waals surface area contributed by atoms with Gasteiger partial charge < -0.3 is 9.47 Å². The van der Waals surface area contributed by atoms with Crippen LogP contribution in [0.1, 0.15) is 0 Å². The average Bonchev–Trinajstić information content (AvgIpc) is 2.39. The normalized spacial score (nSPS) is 10.7. The number of nitrogens with two attached hydrogens (primary N) is 1. The fourth-order valence-corrected chi connectivity index (χ4v) is 1.02. The Morgan fingerprint density at radius 1 is 1.28 bits per heavy atom. The van der Waals surface area contributed by atoms with Gasteiger partial charge in [-0.2, -0.15) is 0 Å². The predicted octanol–water partition coefficient (Wildman–Crippen LogP) is -0.785. The van der Waals surface area contributed by atoms with Gasteiger partial charge in [-0.1, -0.05) is 6.07 Å². The van der Waals surface area contributed by atoms with E-state index in [0.29, 0.717) is 0 Å². The SMILES string of the molecule is COC(=O)/C=C(\O[n+]1ccccc1N)C(=O)OC. The largest absolute Gasteiger partial charge is 0.466 e. The lowest BCUT2D eigenvalue weighted by molar-refractivity contribution is -0.867. The van der Waals surface area contributed by atoms with E-state index >= 15 is 0 Å². The van der Waals surface area contributed by atoms with Gasteiger partial charge >= 0.3 is 17.8 Å². The zero-order valence-electron chi connectivity index (χ0n) is 9.95. The van der Waals surface area contributed by atoms with Gasteiger partial charge in [-0.3, -0.25) is 10.6 Å². The van der Waals surface area contributed by atoms with Gasteiger partial charge in [-0.15, -0.1) is 0 Å². The van der Waals surface area contributed by atoms with Gasteiger partial charge in [0.25, 0.3) is 5.76 Å². The summed E-state index contributed by atoms with van der Waals surface area (Å²) in [6.07, 6.45) is 2.34. The Morgan fingerprint density at radius 2 is 2.00 bits per heavy atom. The lowest BCUT2D eigenvalue weighted by atomic mass is 10.4. The van der Waals surface area contributed by atoms with Crippen molar-refractivity contribution in [3.05, 3.63) is 36.2 Å². The molecule has 7 heteroatoms. The molecule has 1 aromatic rings. The summed E-state index contributed by atoms with van der Waals surface area (Å²) in [5.74, 6) is -1.66. The third-order valence-corrected chi connectivity index (χ3v) is 1.89. The second-order valence-electron chi connectivity index (χ2n) is 3.07. The number of hydrogen-bond donors (Lipinski definition) is 1. The fourth-order valence-electron chi connectivity index (χ4n) is 1.02. The Kier molecular flexibility index (Phi) is 4.67. The van der Waals surface area contributed by atoms with Crippen molar-refractivity contribution in [2.75, 3.05) is 20.0 Å². The van der Waals surface area contributed by atoms with E-state index in [2.05, 4.69) is 9.47 Å². The van der Waals surface area contributed by atoms with Gasteiger partial charge in [-0.05, 0) is 10.8 Å². The molecule has 0 aromatic carbocycles. The molecule has 2 N–H and O–H groups in total. The van der Waals surface area contributed by atoms with Crippen molar-refractivity contribution in [3.8, 4) is 0 Å². The van der Waals surface area contributed by atoms with Gasteiger partial charge in [0.2, 0.25) is 0 Å². The third-order valence-electron chi connectivity index (χ3n) is 1.89. The van der Waals surface area contributed by atoms with Crippen molar-refractivity contribution < 1.29 is 28.6 Å². The number of nitrogens with zero attached hydrogens (tertiary/aromatic N) is 1. The number of hydrogen-bond acceptors (Lipinski definition) is 6. The van der Waals surface area contributed by atoms with Gasteiger partial charge in [0, 0.05) is 6.07 Å². The summed E-state index contributed by atoms with van der Waals surface area (Å²) in [6.45, 7) is 0. The van der Waals surface area contributed by atoms with E-state index in [0.717, 1.165) is 17.9 Å². The summed E-state index contributed by atoms with van der Waals surface area (Å²) < 4.78 is 9.99. The van der Waals surface area contributed by atoms with Crippen LogP contribution in [0.4, 0.5) is 5.82 Å². The van der Waals surface area contributed by atoms with Crippen LogP contribution in [0.15, 0.2) is 36.2 Å². The van der Waals surface area contributed by atoms with E-state index in [1.54, 1.807) is 18.2 Å². The Morgan fingerprint density at radius 3 is 2.56 bits per heavy atom. The van der Waals surface area contributed by atoms with Crippen LogP contribution >= 0.6 is 0 Å². The minimum absolute atomic E-state index is 0.247. The van der Waals surface area contributed by atoms with Crippen LogP contribution in [0.2, 0.25) is 0 Å². The third kappa shape index (κ3) is 3.48. The molecule has 0 saturated heterocycles. The Bertz CT molecular complexity index is 484. The number of pyridine rings is 1. The Balaban J connectivity index is 3.00. The highest BCUT2D eigenvalue weighted by Gasteiger charge is 2.19. The monoisotopic (exact) mass is 253 g/mol. The molecule has 0 aliphatic rings. The number of aromatic nitrogens is 1. The lowest BCUT2D eigenvalue weighted by Crippen LogP contribution is -2.46. The molecule has 1 aromatic heterocycles. The molecule has 0 radical (unpaired) electrons. The summed E-state index contributed by atoms with van der Waals surface area (Å²) in [6, 6.07) is 4.90. The van der Waals surface area contributed by atoms with Crippen molar-refractivity contribution in [1.82, 2.24) is 0 Å². The highest BCUT2D eigenvalue weighted by atomic mass is 16.7. The van der Waals surface area contributed by atoms with Crippen LogP contribution in [0.25, 0.3) is 0 Å². The van der Waals surface area contributed by atoms with Crippen LogP contribution in [-0.2, 0) is 19.1 Å². The number of esters is 2. The molecule has 18 heavy (non-hydrogen) atoms. The first-order chi connectivity index (χ1) is 8.58. The van der Waals surface area contributed by atoms with E-state index in [1.807, 2.05) is 0 Å². The minimum atomic E-state index is -0.823. The van der Waals surface area contributed by atoms with E-state index in [1.165, 1.54) is 13.3 Å². The topological polar surface area (TPSA) is 91.7 Å². The first-order valence-electron chi connectivity index (χ1n) is 4.91. The molecule has 1 heterocycles. The number of anilines is 1. The summed E-state index contributed by atoms with van der Waals surface area (Å²) in [5.41, 5.74) is 5.62. The van der Waals surface area contributed by atoms with Crippen LogP contribution in [0.3, 0.4) is 0 Å². The van der Waals surface area contributed by atoms with Crippen molar-refractivity contribution >= 4 is 17.8 Å². The fraction of sp³-hybridized carbons (Fsp3) is 0.182. The van der Waals surface area contributed by atoms with Crippen molar-refractivity contribution in [1.29, 1.82) is 0 Å². The molecule has 0 unspecified atom stereocenters. The van der Waals surface area contributed by atoms with Crippen LogP contribution < -0.4 is 15.3 Å². The maximum Gasteiger partial charge on any atom is 0.379 e. The molecular weight excluding hydrogens is 240 g/mol. The Labute approximate surface area is 103 Å². The number of carbonyl (C=O) groups is 2. The number of rotatable bonds is 4. The average molecular weight is 253 g/mol. The molecule has 7 nitrogen and oxygen atoms in total. The van der Waals surface area contributed by atoms with E-state index in [4.69, 9.17) is 10.6 Å². The molecule has 96 valence electrons. The standard InChI is InChI=1S/C11H12N2O5/c1-16-10(14)7-8(11(15)17-2)18-13-6-4-3-5-9(13)12/h3-7,12H,1-2H3/p+1/b8-7-. The van der Waals surface area contributed by atoms with E-state index < -0.39 is 11.9 Å². The molecule has 0 aliphatic carbocycles. The first-order valence-corrected chi connectivity index (χ1v) is 4.91. The molecule has 0 atom stereocenters. The second-order valence-corrected chi connectivity index (χ2v) is 3.07. The number of carbonyl (C=O) groups excluding carboxylic acids is 2. The summed E-state index contributed by atoms with van der Waals surface area (Å²) >= 11 is 0. The van der Waals surface area contributed by atoms with Crippen molar-refractivity contribution in [3.63, 3.8) is 0 Å². The highest BCUT2D eigenvalue weighted by Crippen LogP contribution is 1.97. The van der Waals surface area contributed by atoms with Crippen LogP contribution in [0, 0.1) is 0 Å². The van der Waals surface area contributed by atoms with E-state index in [-0.39, 0.29) is 11.6 Å². The molecule has 0 saturated carbocycles. The summed E-state index contributed by atoms with van der Waals surface area (Å²) in [5, 5.41) is 0. The van der Waals surface area contributed by atoms with Gasteiger partial charge in [0.05, 0.1) is 20.3 Å². The highest BCUT2D eigenvalue weighted by molar-refractivity contribution is 5.94. The van der Waals surface area contributed by atoms with Gasteiger partial charge in [0.15, 0.2) is 0 Å². The maximum atomic E-state index is 11.4.